The molecule has 0 fully saturated rings. The first-order valence-corrected chi connectivity index (χ1v) is 5.92. The molecule has 0 aromatic carbocycles. The summed E-state index contributed by atoms with van der Waals surface area (Å²) in [6.45, 7) is 11.2. The molecule has 0 aromatic heterocycles. The van der Waals surface area contributed by atoms with Gasteiger partial charge < -0.3 is 4.74 Å². The molecule has 0 spiro atoms. The highest BCUT2D eigenvalue weighted by Crippen LogP contribution is 2.36. The second kappa shape index (κ2) is 4.94. The van der Waals surface area contributed by atoms with Crippen LogP contribution in [0.15, 0.2) is 47.4 Å². The predicted molar refractivity (Wildman–Crippen MR) is 68.8 cm³/mol. The third-order valence-electron chi connectivity index (χ3n) is 3.07. The van der Waals surface area contributed by atoms with Crippen molar-refractivity contribution in [1.82, 2.24) is 0 Å². The molecule has 2 unspecified atom stereocenters. The number of nitriles is 1. The summed E-state index contributed by atoms with van der Waals surface area (Å²) >= 11 is 0. The standard InChI is InChI=1S/C15H14N2O/c1-10(2)15-8-12(13(9-16)17-3)11-6-4-5-7-14(11)18-15/h4-8,10-11,14H,1-2H3/b13-12+. The lowest BCUT2D eigenvalue weighted by molar-refractivity contribution is 0.100. The lowest BCUT2D eigenvalue weighted by Gasteiger charge is -2.33. The topological polar surface area (TPSA) is 37.4 Å². The van der Waals surface area contributed by atoms with Crippen LogP contribution >= 0.6 is 0 Å². The fourth-order valence-corrected chi connectivity index (χ4v) is 2.10. The monoisotopic (exact) mass is 238 g/mol. The molecular formula is C15H14N2O. The van der Waals surface area contributed by atoms with Gasteiger partial charge in [-0.1, -0.05) is 32.1 Å². The molecule has 0 saturated carbocycles. The van der Waals surface area contributed by atoms with Gasteiger partial charge in [0.05, 0.1) is 18.4 Å². The van der Waals surface area contributed by atoms with E-state index in [1.165, 1.54) is 0 Å². The van der Waals surface area contributed by atoms with Crippen LogP contribution in [0.4, 0.5) is 0 Å². The molecule has 0 radical (unpaired) electrons. The van der Waals surface area contributed by atoms with Crippen LogP contribution in [0, 0.1) is 29.7 Å². The van der Waals surface area contributed by atoms with E-state index in [4.69, 9.17) is 16.6 Å². The smallest absolute Gasteiger partial charge is 0.265 e. The van der Waals surface area contributed by atoms with E-state index in [9.17, 15) is 0 Å². The van der Waals surface area contributed by atoms with Crippen LogP contribution in [0.25, 0.3) is 4.85 Å². The number of nitrogens with zero attached hydrogens (tertiary/aromatic N) is 2. The van der Waals surface area contributed by atoms with Gasteiger partial charge in [0, 0.05) is 11.8 Å². The molecule has 0 amide bonds. The molecule has 1 heterocycles. The summed E-state index contributed by atoms with van der Waals surface area (Å²) in [5.74, 6) is 1.05. The molecule has 2 atom stereocenters. The minimum atomic E-state index is -0.0995. The Labute approximate surface area is 107 Å². The van der Waals surface area contributed by atoms with Gasteiger partial charge >= 0.3 is 0 Å². The van der Waals surface area contributed by atoms with E-state index in [-0.39, 0.29) is 23.6 Å². The minimum absolute atomic E-state index is 0.0266. The van der Waals surface area contributed by atoms with Gasteiger partial charge in [0.25, 0.3) is 5.70 Å². The van der Waals surface area contributed by atoms with Crippen molar-refractivity contribution in [2.45, 2.75) is 20.0 Å². The van der Waals surface area contributed by atoms with Crippen LogP contribution < -0.4 is 0 Å². The molecule has 2 aliphatic rings. The third kappa shape index (κ3) is 2.08. The quantitative estimate of drug-likeness (QED) is 0.519. The Kier molecular flexibility index (Phi) is 3.35. The van der Waals surface area contributed by atoms with Gasteiger partial charge in [0.1, 0.15) is 6.10 Å². The van der Waals surface area contributed by atoms with Crippen molar-refractivity contribution in [3.63, 3.8) is 0 Å². The van der Waals surface area contributed by atoms with Gasteiger partial charge in [-0.2, -0.15) is 0 Å². The zero-order valence-corrected chi connectivity index (χ0v) is 10.4. The van der Waals surface area contributed by atoms with E-state index in [1.54, 1.807) is 0 Å². The normalized spacial score (nSPS) is 27.7. The molecule has 0 aromatic rings. The zero-order valence-electron chi connectivity index (χ0n) is 10.4. The molecule has 0 N–H and O–H groups in total. The van der Waals surface area contributed by atoms with Crippen LogP contribution in [-0.2, 0) is 4.74 Å². The van der Waals surface area contributed by atoms with Crippen molar-refractivity contribution >= 4 is 0 Å². The summed E-state index contributed by atoms with van der Waals surface area (Å²) in [7, 11) is 0. The molecule has 3 nitrogen and oxygen atoms in total. The van der Waals surface area contributed by atoms with Gasteiger partial charge in [-0.05, 0) is 17.7 Å². The Balaban J connectivity index is 2.54. The lowest BCUT2D eigenvalue weighted by Crippen LogP contribution is -2.28. The molecule has 1 aliphatic carbocycles. The van der Waals surface area contributed by atoms with Crippen molar-refractivity contribution in [3.05, 3.63) is 58.8 Å². The van der Waals surface area contributed by atoms with Crippen LogP contribution in [-0.4, -0.2) is 6.10 Å². The Hall–Kier alpha value is -2.26. The maximum absolute atomic E-state index is 9.06. The van der Waals surface area contributed by atoms with Gasteiger partial charge in [0.15, 0.2) is 0 Å². The fourth-order valence-electron chi connectivity index (χ4n) is 2.10. The minimum Gasteiger partial charge on any atom is -0.490 e. The van der Waals surface area contributed by atoms with Crippen LogP contribution in [0.1, 0.15) is 13.8 Å². The van der Waals surface area contributed by atoms with Crippen molar-refractivity contribution < 1.29 is 4.74 Å². The second-order valence-electron chi connectivity index (χ2n) is 4.61. The summed E-state index contributed by atoms with van der Waals surface area (Å²) in [5.41, 5.74) is 0.930. The van der Waals surface area contributed by atoms with E-state index < -0.39 is 0 Å². The SMILES string of the molecule is [C-]#[N+]/C(C#N)=C1\C=C(C(C)C)OC2C=CC=CC12. The van der Waals surface area contributed by atoms with Crippen LogP contribution in [0.3, 0.4) is 0 Å². The van der Waals surface area contributed by atoms with Crippen molar-refractivity contribution in [1.29, 1.82) is 5.26 Å². The first-order chi connectivity index (χ1) is 8.67. The van der Waals surface area contributed by atoms with Gasteiger partial charge in [-0.3, -0.25) is 0 Å². The van der Waals surface area contributed by atoms with Crippen molar-refractivity contribution in [3.8, 4) is 6.07 Å². The summed E-state index contributed by atoms with van der Waals surface area (Å²) in [6.07, 6.45) is 9.57. The number of hydrogen-bond donors (Lipinski definition) is 0. The van der Waals surface area contributed by atoms with E-state index in [0.29, 0.717) is 0 Å². The maximum Gasteiger partial charge on any atom is 0.265 e. The molecule has 0 bridgehead atoms. The summed E-state index contributed by atoms with van der Waals surface area (Å²) in [6, 6.07) is 1.98. The molecule has 90 valence electrons. The summed E-state index contributed by atoms with van der Waals surface area (Å²) < 4.78 is 5.90. The molecular weight excluding hydrogens is 224 g/mol. The average molecular weight is 238 g/mol. The Bertz CT molecular complexity index is 534. The average Bonchev–Trinajstić information content (AvgIpc) is 2.39. The predicted octanol–water partition coefficient (Wildman–Crippen LogP) is 3.36. The Morgan fingerprint density at radius 1 is 1.44 bits per heavy atom. The summed E-state index contributed by atoms with van der Waals surface area (Å²) in [4.78, 5) is 3.33. The van der Waals surface area contributed by atoms with E-state index in [0.717, 1.165) is 11.3 Å². The fraction of sp³-hybridized carbons (Fsp3) is 0.333. The molecule has 0 saturated heterocycles. The van der Waals surface area contributed by atoms with Gasteiger partial charge in [-0.15, -0.1) is 0 Å². The first kappa shape index (κ1) is 12.2. The van der Waals surface area contributed by atoms with Gasteiger partial charge in [0.2, 0.25) is 0 Å². The zero-order chi connectivity index (χ0) is 13.1. The van der Waals surface area contributed by atoms with E-state index in [2.05, 4.69) is 4.85 Å². The highest BCUT2D eigenvalue weighted by molar-refractivity contribution is 5.46. The number of allylic oxidation sites excluding steroid dienone is 5. The highest BCUT2D eigenvalue weighted by Gasteiger charge is 2.31. The van der Waals surface area contributed by atoms with Crippen LogP contribution in [0.5, 0.6) is 0 Å². The Morgan fingerprint density at radius 3 is 2.78 bits per heavy atom. The van der Waals surface area contributed by atoms with Gasteiger partial charge in [-0.25, -0.2) is 10.1 Å². The number of rotatable bonds is 1. The molecule has 2 rings (SSSR count). The number of fused-ring (bicyclic) bond motifs is 1. The summed E-state index contributed by atoms with van der Waals surface area (Å²) in [5, 5.41) is 9.06. The van der Waals surface area contributed by atoms with E-state index >= 15 is 0 Å². The molecule has 3 heteroatoms. The largest absolute Gasteiger partial charge is 0.490 e. The molecule has 1 aliphatic heterocycles. The van der Waals surface area contributed by atoms with Crippen molar-refractivity contribution in [2.75, 3.05) is 0 Å². The highest BCUT2D eigenvalue weighted by atomic mass is 16.5. The van der Waals surface area contributed by atoms with Crippen molar-refractivity contribution in [2.24, 2.45) is 11.8 Å². The number of ether oxygens (including phenoxy) is 1. The van der Waals surface area contributed by atoms with Crippen LogP contribution in [0.2, 0.25) is 0 Å². The van der Waals surface area contributed by atoms with E-state index in [1.807, 2.05) is 50.3 Å². The first-order valence-electron chi connectivity index (χ1n) is 5.92. The molecule has 18 heavy (non-hydrogen) atoms. The third-order valence-corrected chi connectivity index (χ3v) is 3.07. The lowest BCUT2D eigenvalue weighted by atomic mass is 9.85. The second-order valence-corrected chi connectivity index (χ2v) is 4.61. The number of hydrogen-bond acceptors (Lipinski definition) is 2. The maximum atomic E-state index is 9.06. The Morgan fingerprint density at radius 2 is 2.17 bits per heavy atom.